The highest BCUT2D eigenvalue weighted by molar-refractivity contribution is 7.22. The number of hydrazone groups is 1. The van der Waals surface area contributed by atoms with Crippen molar-refractivity contribution in [2.24, 2.45) is 5.10 Å². The number of rotatable bonds is 3. The third kappa shape index (κ3) is 2.98. The summed E-state index contributed by atoms with van der Waals surface area (Å²) < 4.78 is 1.16. The van der Waals surface area contributed by atoms with E-state index < -0.39 is 0 Å². The van der Waals surface area contributed by atoms with E-state index in [4.69, 9.17) is 11.6 Å². The minimum atomic E-state index is 0.719. The second-order valence-corrected chi connectivity index (χ2v) is 5.88. The molecule has 5 heteroatoms. The van der Waals surface area contributed by atoms with Gasteiger partial charge in [-0.3, -0.25) is 5.43 Å². The summed E-state index contributed by atoms with van der Waals surface area (Å²) in [5.74, 6) is 0. The molecule has 1 heterocycles. The Labute approximate surface area is 125 Å². The highest BCUT2D eigenvalue weighted by Crippen LogP contribution is 2.26. The van der Waals surface area contributed by atoms with E-state index >= 15 is 0 Å². The van der Waals surface area contributed by atoms with E-state index in [9.17, 15) is 0 Å². The topological polar surface area (TPSA) is 37.3 Å². The molecule has 0 amide bonds. The number of anilines is 1. The molecule has 20 heavy (non-hydrogen) atoms. The third-order valence-corrected chi connectivity index (χ3v) is 3.96. The Balaban J connectivity index is 1.74. The molecule has 0 fully saturated rings. The number of nitrogens with one attached hydrogen (secondary N) is 1. The van der Waals surface area contributed by atoms with Crippen molar-refractivity contribution < 1.29 is 0 Å². The lowest BCUT2D eigenvalue weighted by Gasteiger charge is -1.94. The minimum absolute atomic E-state index is 0.719. The van der Waals surface area contributed by atoms with E-state index in [2.05, 4.69) is 34.6 Å². The number of aromatic nitrogens is 1. The fourth-order valence-corrected chi connectivity index (χ4v) is 2.83. The molecule has 100 valence electrons. The Morgan fingerprint density at radius 1 is 1.20 bits per heavy atom. The van der Waals surface area contributed by atoms with Crippen LogP contribution in [-0.2, 0) is 0 Å². The molecule has 3 rings (SSSR count). The first-order valence-electron chi connectivity index (χ1n) is 6.12. The largest absolute Gasteiger partial charge is 0.253 e. The predicted octanol–water partition coefficient (Wildman–Crippen LogP) is 4.70. The predicted molar refractivity (Wildman–Crippen MR) is 87.0 cm³/mol. The molecule has 0 bridgehead atoms. The molecule has 3 nitrogen and oxygen atoms in total. The zero-order valence-electron chi connectivity index (χ0n) is 10.8. The van der Waals surface area contributed by atoms with Crippen molar-refractivity contribution in [3.63, 3.8) is 0 Å². The van der Waals surface area contributed by atoms with Crippen LogP contribution >= 0.6 is 22.9 Å². The number of hydrogen-bond acceptors (Lipinski definition) is 4. The van der Waals surface area contributed by atoms with Crippen LogP contribution in [0.1, 0.15) is 11.1 Å². The number of halogens is 1. The fraction of sp³-hybridized carbons (Fsp3) is 0.0667. The van der Waals surface area contributed by atoms with Gasteiger partial charge in [0.15, 0.2) is 0 Å². The van der Waals surface area contributed by atoms with Gasteiger partial charge in [-0.1, -0.05) is 41.1 Å². The van der Waals surface area contributed by atoms with Gasteiger partial charge in [0.1, 0.15) is 0 Å². The third-order valence-electron chi connectivity index (χ3n) is 2.79. The van der Waals surface area contributed by atoms with Crippen LogP contribution in [0.25, 0.3) is 10.2 Å². The molecule has 0 aliphatic carbocycles. The molecule has 1 aromatic heterocycles. The molecule has 0 atom stereocenters. The highest BCUT2D eigenvalue weighted by Gasteiger charge is 2.02. The van der Waals surface area contributed by atoms with Crippen LogP contribution in [0.4, 0.5) is 5.13 Å². The number of nitrogens with zero attached hydrogens (tertiary/aromatic N) is 2. The number of fused-ring (bicyclic) bond motifs is 1. The average molecular weight is 302 g/mol. The van der Waals surface area contributed by atoms with Crippen molar-refractivity contribution in [1.82, 2.24) is 4.98 Å². The Morgan fingerprint density at radius 3 is 2.80 bits per heavy atom. The van der Waals surface area contributed by atoms with Crippen LogP contribution in [0.5, 0.6) is 0 Å². The fourth-order valence-electron chi connectivity index (χ4n) is 1.79. The lowest BCUT2D eigenvalue weighted by Crippen LogP contribution is -1.89. The lowest BCUT2D eigenvalue weighted by atomic mass is 10.2. The zero-order chi connectivity index (χ0) is 13.9. The zero-order valence-corrected chi connectivity index (χ0v) is 12.4. The second-order valence-electron chi connectivity index (χ2n) is 4.41. The maximum Gasteiger partial charge on any atom is 0.204 e. The average Bonchev–Trinajstić information content (AvgIpc) is 2.83. The first-order chi connectivity index (χ1) is 9.70. The molecule has 0 aliphatic rings. The van der Waals surface area contributed by atoms with E-state index in [0.717, 1.165) is 25.9 Å². The smallest absolute Gasteiger partial charge is 0.204 e. The first kappa shape index (κ1) is 13.1. The van der Waals surface area contributed by atoms with Gasteiger partial charge in [-0.05, 0) is 42.3 Å². The molecule has 1 N–H and O–H groups in total. The van der Waals surface area contributed by atoms with Crippen molar-refractivity contribution in [2.45, 2.75) is 6.92 Å². The lowest BCUT2D eigenvalue weighted by molar-refractivity contribution is 1.31. The molecular formula is C15H12ClN3S. The van der Waals surface area contributed by atoms with Gasteiger partial charge >= 0.3 is 0 Å². The molecule has 0 saturated carbocycles. The summed E-state index contributed by atoms with van der Waals surface area (Å²) in [5, 5.41) is 5.70. The summed E-state index contributed by atoms with van der Waals surface area (Å²) in [6.45, 7) is 2.07. The van der Waals surface area contributed by atoms with E-state index in [0.29, 0.717) is 0 Å². The van der Waals surface area contributed by atoms with Gasteiger partial charge < -0.3 is 0 Å². The summed E-state index contributed by atoms with van der Waals surface area (Å²) in [7, 11) is 0. The molecule has 0 saturated heterocycles. The normalized spacial score (nSPS) is 11.3. The molecule has 0 radical (unpaired) electrons. The number of hydrogen-bond donors (Lipinski definition) is 1. The van der Waals surface area contributed by atoms with Gasteiger partial charge in [0, 0.05) is 5.02 Å². The molecular weight excluding hydrogens is 290 g/mol. The van der Waals surface area contributed by atoms with Crippen molar-refractivity contribution in [3.05, 3.63) is 58.6 Å². The summed E-state index contributed by atoms with van der Waals surface area (Å²) >= 11 is 7.42. The van der Waals surface area contributed by atoms with Crippen LogP contribution in [0, 0.1) is 6.92 Å². The minimum Gasteiger partial charge on any atom is -0.253 e. The van der Waals surface area contributed by atoms with Crippen LogP contribution in [0.3, 0.4) is 0 Å². The van der Waals surface area contributed by atoms with E-state index in [-0.39, 0.29) is 0 Å². The van der Waals surface area contributed by atoms with Gasteiger partial charge in [0.2, 0.25) is 5.13 Å². The summed E-state index contributed by atoms with van der Waals surface area (Å²) in [6, 6.07) is 13.7. The van der Waals surface area contributed by atoms with Gasteiger partial charge in [0.05, 0.1) is 16.4 Å². The Kier molecular flexibility index (Phi) is 3.67. The SMILES string of the molecule is Cc1ccc2nc(N/N=C/c3ccc(Cl)cc3)sc2c1. The first-order valence-corrected chi connectivity index (χ1v) is 7.32. The maximum absolute atomic E-state index is 5.83. The van der Waals surface area contributed by atoms with Gasteiger partial charge in [-0.2, -0.15) is 5.10 Å². The maximum atomic E-state index is 5.83. The Morgan fingerprint density at radius 2 is 2.00 bits per heavy atom. The molecule has 3 aromatic rings. The van der Waals surface area contributed by atoms with Crippen LogP contribution in [0.2, 0.25) is 5.02 Å². The van der Waals surface area contributed by atoms with Crippen LogP contribution in [-0.4, -0.2) is 11.2 Å². The van der Waals surface area contributed by atoms with Crippen molar-refractivity contribution in [1.29, 1.82) is 0 Å². The van der Waals surface area contributed by atoms with E-state index in [1.165, 1.54) is 5.56 Å². The molecule has 0 unspecified atom stereocenters. The summed E-state index contributed by atoms with van der Waals surface area (Å²) in [5.41, 5.74) is 6.17. The summed E-state index contributed by atoms with van der Waals surface area (Å²) in [6.07, 6.45) is 1.74. The van der Waals surface area contributed by atoms with Crippen LogP contribution in [0.15, 0.2) is 47.6 Å². The number of benzene rings is 2. The van der Waals surface area contributed by atoms with Crippen molar-refractivity contribution in [2.75, 3.05) is 5.43 Å². The van der Waals surface area contributed by atoms with Gasteiger partial charge in [-0.15, -0.1) is 0 Å². The quantitative estimate of drug-likeness (QED) is 0.562. The van der Waals surface area contributed by atoms with E-state index in [1.54, 1.807) is 17.6 Å². The Bertz CT molecular complexity index is 762. The molecule has 0 spiro atoms. The molecule has 2 aromatic carbocycles. The monoisotopic (exact) mass is 301 g/mol. The summed E-state index contributed by atoms with van der Waals surface area (Å²) in [4.78, 5) is 4.47. The number of thiazole rings is 1. The highest BCUT2D eigenvalue weighted by atomic mass is 35.5. The van der Waals surface area contributed by atoms with Gasteiger partial charge in [-0.25, -0.2) is 4.98 Å². The van der Waals surface area contributed by atoms with Gasteiger partial charge in [0.25, 0.3) is 0 Å². The van der Waals surface area contributed by atoms with Crippen molar-refractivity contribution in [3.8, 4) is 0 Å². The Hall–Kier alpha value is -1.91. The number of aryl methyl sites for hydroxylation is 1. The second kappa shape index (κ2) is 5.61. The molecule has 0 aliphatic heterocycles. The van der Waals surface area contributed by atoms with E-state index in [1.807, 2.05) is 30.3 Å². The standard InChI is InChI=1S/C15H12ClN3S/c1-10-2-7-13-14(8-10)20-15(18-13)19-17-9-11-3-5-12(16)6-4-11/h2-9H,1H3,(H,18,19)/b17-9+. The van der Waals surface area contributed by atoms with Crippen molar-refractivity contribution >= 4 is 44.5 Å². The van der Waals surface area contributed by atoms with Crippen LogP contribution < -0.4 is 5.43 Å².